The fourth-order valence-electron chi connectivity index (χ4n) is 3.34. The monoisotopic (exact) mass is 347 g/mol. The Morgan fingerprint density at radius 3 is 2.52 bits per heavy atom. The number of esters is 1. The fourth-order valence-corrected chi connectivity index (χ4v) is 3.34. The van der Waals surface area contributed by atoms with E-state index in [0.29, 0.717) is 13.2 Å². The van der Waals surface area contributed by atoms with Crippen LogP contribution in [0, 0.1) is 19.8 Å². The predicted molar refractivity (Wildman–Crippen MR) is 97.4 cm³/mol. The van der Waals surface area contributed by atoms with Crippen molar-refractivity contribution in [1.82, 2.24) is 5.32 Å². The molecule has 0 unspecified atom stereocenters. The van der Waals surface area contributed by atoms with Crippen LogP contribution in [0.4, 0.5) is 0 Å². The second kappa shape index (κ2) is 8.99. The summed E-state index contributed by atoms with van der Waals surface area (Å²) in [5, 5.41) is 3.09. The maximum Gasteiger partial charge on any atom is 0.309 e. The van der Waals surface area contributed by atoms with Gasteiger partial charge in [-0.05, 0) is 44.4 Å². The van der Waals surface area contributed by atoms with Crippen LogP contribution in [0.1, 0.15) is 49.4 Å². The van der Waals surface area contributed by atoms with E-state index in [1.807, 2.05) is 13.8 Å². The number of nitrogens with one attached hydrogen (secondary N) is 2. The van der Waals surface area contributed by atoms with Crippen LogP contribution in [-0.4, -0.2) is 38.1 Å². The molecule has 0 aliphatic carbocycles. The lowest BCUT2D eigenvalue weighted by Gasteiger charge is -2.28. The van der Waals surface area contributed by atoms with Gasteiger partial charge < -0.3 is 15.0 Å². The number of hydrogen-bond acceptors (Lipinski definition) is 3. The summed E-state index contributed by atoms with van der Waals surface area (Å²) in [6, 6.07) is 6.31. The Morgan fingerprint density at radius 2 is 1.92 bits per heavy atom. The van der Waals surface area contributed by atoms with E-state index in [-0.39, 0.29) is 23.8 Å². The summed E-state index contributed by atoms with van der Waals surface area (Å²) >= 11 is 0. The molecule has 0 spiro atoms. The van der Waals surface area contributed by atoms with Gasteiger partial charge in [0.15, 0.2) is 6.54 Å². The van der Waals surface area contributed by atoms with Crippen molar-refractivity contribution in [3.8, 4) is 0 Å². The number of rotatable bonds is 6. The van der Waals surface area contributed by atoms with Gasteiger partial charge in [-0.25, -0.2) is 0 Å². The number of likely N-dealkylation sites (tertiary alicyclic amines) is 1. The predicted octanol–water partition coefficient (Wildman–Crippen LogP) is 1.34. The zero-order valence-corrected chi connectivity index (χ0v) is 15.9. The first-order chi connectivity index (χ1) is 11.9. The van der Waals surface area contributed by atoms with Gasteiger partial charge in [-0.3, -0.25) is 9.59 Å². The summed E-state index contributed by atoms with van der Waals surface area (Å²) < 4.78 is 5.09. The average molecular weight is 347 g/mol. The Balaban J connectivity index is 1.79. The molecule has 1 amide bonds. The van der Waals surface area contributed by atoms with Crippen molar-refractivity contribution in [1.29, 1.82) is 0 Å². The quantitative estimate of drug-likeness (QED) is 0.764. The number of benzene rings is 1. The summed E-state index contributed by atoms with van der Waals surface area (Å²) in [5.41, 5.74) is 3.63. The molecule has 1 aliphatic heterocycles. The Morgan fingerprint density at radius 1 is 1.24 bits per heavy atom. The number of amides is 1. The zero-order valence-electron chi connectivity index (χ0n) is 15.9. The lowest BCUT2D eigenvalue weighted by molar-refractivity contribution is -0.897. The van der Waals surface area contributed by atoms with Crippen molar-refractivity contribution in [2.45, 2.75) is 46.6 Å². The summed E-state index contributed by atoms with van der Waals surface area (Å²) in [6.07, 6.45) is 1.60. The molecule has 1 saturated heterocycles. The van der Waals surface area contributed by atoms with Crippen LogP contribution in [0.25, 0.3) is 0 Å². The lowest BCUT2D eigenvalue weighted by Crippen LogP contribution is -3.14. The van der Waals surface area contributed by atoms with Crippen LogP contribution in [0.3, 0.4) is 0 Å². The topological polar surface area (TPSA) is 59.8 Å². The van der Waals surface area contributed by atoms with Crippen LogP contribution in [0.2, 0.25) is 0 Å². The van der Waals surface area contributed by atoms with Gasteiger partial charge in [-0.15, -0.1) is 0 Å². The minimum absolute atomic E-state index is 0.00113. The summed E-state index contributed by atoms with van der Waals surface area (Å²) in [7, 11) is 0. The third kappa shape index (κ3) is 5.56. The molecule has 1 aromatic carbocycles. The number of piperidine rings is 1. The van der Waals surface area contributed by atoms with E-state index in [9.17, 15) is 9.59 Å². The second-order valence-electron chi connectivity index (χ2n) is 7.09. The van der Waals surface area contributed by atoms with Crippen molar-refractivity contribution in [2.24, 2.45) is 5.92 Å². The van der Waals surface area contributed by atoms with Crippen LogP contribution < -0.4 is 10.2 Å². The molecule has 2 N–H and O–H groups in total. The summed E-state index contributed by atoms with van der Waals surface area (Å²) in [6.45, 7) is 10.6. The molecule has 138 valence electrons. The highest BCUT2D eigenvalue weighted by molar-refractivity contribution is 5.77. The molecule has 0 bridgehead atoms. The highest BCUT2D eigenvalue weighted by atomic mass is 16.5. The van der Waals surface area contributed by atoms with Crippen LogP contribution >= 0.6 is 0 Å². The zero-order chi connectivity index (χ0) is 18.4. The Hall–Kier alpha value is -1.88. The molecule has 25 heavy (non-hydrogen) atoms. The van der Waals surface area contributed by atoms with E-state index in [2.05, 4.69) is 37.4 Å². The first-order valence-electron chi connectivity index (χ1n) is 9.27. The molecular formula is C20H31N2O3+. The molecule has 0 aromatic heterocycles. The second-order valence-corrected chi connectivity index (χ2v) is 7.09. The normalized spacial score (nSPS) is 21.4. The minimum atomic E-state index is -0.0886. The average Bonchev–Trinajstić information content (AvgIpc) is 2.58. The van der Waals surface area contributed by atoms with Crippen molar-refractivity contribution in [2.75, 3.05) is 26.2 Å². The van der Waals surface area contributed by atoms with Crippen LogP contribution in [0.5, 0.6) is 0 Å². The first kappa shape index (κ1) is 19.4. The molecule has 5 heteroatoms. The van der Waals surface area contributed by atoms with Gasteiger partial charge in [-0.1, -0.05) is 18.2 Å². The summed E-state index contributed by atoms with van der Waals surface area (Å²) in [4.78, 5) is 25.4. The molecule has 0 radical (unpaired) electrons. The van der Waals surface area contributed by atoms with Crippen LogP contribution in [-0.2, 0) is 14.3 Å². The highest BCUT2D eigenvalue weighted by Crippen LogP contribution is 2.16. The van der Waals surface area contributed by atoms with Gasteiger partial charge >= 0.3 is 5.97 Å². The highest BCUT2D eigenvalue weighted by Gasteiger charge is 2.29. The maximum absolute atomic E-state index is 12.3. The van der Waals surface area contributed by atoms with Gasteiger partial charge in [-0.2, -0.15) is 0 Å². The Labute approximate surface area is 150 Å². The molecule has 1 aliphatic rings. The number of hydrogen-bond donors (Lipinski definition) is 2. The summed E-state index contributed by atoms with van der Waals surface area (Å²) in [5.74, 6) is -0.0223. The Kier molecular flexibility index (Phi) is 7.00. The molecule has 5 nitrogen and oxygen atoms in total. The number of carbonyl (C=O) groups excluding carboxylic acids is 2. The van der Waals surface area contributed by atoms with Crippen molar-refractivity contribution in [3.05, 3.63) is 34.9 Å². The molecule has 1 fully saturated rings. The van der Waals surface area contributed by atoms with E-state index >= 15 is 0 Å². The van der Waals surface area contributed by atoms with Gasteiger partial charge in [0.1, 0.15) is 0 Å². The van der Waals surface area contributed by atoms with Crippen molar-refractivity contribution >= 4 is 11.9 Å². The lowest BCUT2D eigenvalue weighted by atomic mass is 9.97. The van der Waals surface area contributed by atoms with E-state index < -0.39 is 0 Å². The smallest absolute Gasteiger partial charge is 0.309 e. The van der Waals surface area contributed by atoms with E-state index in [1.54, 1.807) is 0 Å². The molecule has 2 rings (SSSR count). The first-order valence-corrected chi connectivity index (χ1v) is 9.27. The van der Waals surface area contributed by atoms with Gasteiger partial charge in [0.05, 0.1) is 31.7 Å². The molecule has 1 atom stereocenters. The molecular weight excluding hydrogens is 316 g/mol. The third-order valence-corrected chi connectivity index (χ3v) is 5.13. The van der Waals surface area contributed by atoms with Crippen molar-refractivity contribution < 1.29 is 19.2 Å². The molecule has 0 saturated carbocycles. The van der Waals surface area contributed by atoms with Crippen molar-refractivity contribution in [3.63, 3.8) is 0 Å². The maximum atomic E-state index is 12.3. The standard InChI is InChI=1S/C20H30N2O3/c1-5-25-20(24)17-8-10-22(11-9-17)13-19(23)21-16(4)18-7-6-14(2)15(3)12-18/h6-7,12,16-17H,5,8-11,13H2,1-4H3,(H,21,23)/p+1/t16-/m0/s1. The van der Waals surface area contributed by atoms with Gasteiger partial charge in [0.2, 0.25) is 0 Å². The largest absolute Gasteiger partial charge is 0.466 e. The van der Waals surface area contributed by atoms with Gasteiger partial charge in [0.25, 0.3) is 5.91 Å². The third-order valence-electron chi connectivity index (χ3n) is 5.13. The van der Waals surface area contributed by atoms with Crippen LogP contribution in [0.15, 0.2) is 18.2 Å². The SMILES string of the molecule is CCOC(=O)C1CC[NH+](CC(=O)N[C@@H](C)c2ccc(C)c(C)c2)CC1. The molecule has 1 heterocycles. The molecule has 1 aromatic rings. The Bertz CT molecular complexity index is 607. The number of carbonyl (C=O) groups is 2. The fraction of sp³-hybridized carbons (Fsp3) is 0.600. The van der Waals surface area contributed by atoms with E-state index in [1.165, 1.54) is 16.0 Å². The number of aryl methyl sites for hydroxylation is 2. The van der Waals surface area contributed by atoms with Gasteiger partial charge in [0, 0.05) is 12.8 Å². The number of quaternary nitrogens is 1. The van der Waals surface area contributed by atoms with E-state index in [0.717, 1.165) is 31.5 Å². The minimum Gasteiger partial charge on any atom is -0.466 e. The number of ether oxygens (including phenoxy) is 1. The van der Waals surface area contributed by atoms with E-state index in [4.69, 9.17) is 4.74 Å².